The number of carbonyl (C=O) groups excluding carboxylic acids is 1. The van der Waals surface area contributed by atoms with Crippen molar-refractivity contribution < 1.29 is 18.5 Å². The molecule has 26 heavy (non-hydrogen) atoms. The van der Waals surface area contributed by atoms with Crippen LogP contribution in [0.5, 0.6) is 0 Å². The van der Waals surface area contributed by atoms with Gasteiger partial charge < -0.3 is 14.2 Å². The average Bonchev–Trinajstić information content (AvgIpc) is 3.09. The minimum Gasteiger partial charge on any atom is -0.398 e. The zero-order chi connectivity index (χ0) is 19.7. The molecule has 0 bridgehead atoms. The summed E-state index contributed by atoms with van der Waals surface area (Å²) in [5.74, 6) is -0.0160. The van der Waals surface area contributed by atoms with Gasteiger partial charge in [-0.15, -0.1) is 0 Å². The van der Waals surface area contributed by atoms with Crippen molar-refractivity contribution in [1.82, 2.24) is 14.7 Å². The molecule has 8 heteroatoms. The average molecular weight is 365 g/mol. The molecule has 1 aliphatic rings. The predicted molar refractivity (Wildman–Crippen MR) is 99.9 cm³/mol. The third kappa shape index (κ3) is 4.01. The number of hydrogen-bond donors (Lipinski definition) is 0. The molecule has 1 saturated heterocycles. The fraction of sp³-hybridized carbons (Fsp3) is 0.667. The van der Waals surface area contributed by atoms with Crippen LogP contribution in [0, 0.1) is 0 Å². The molecule has 1 fully saturated rings. The zero-order valence-electron chi connectivity index (χ0n) is 16.8. The van der Waals surface area contributed by atoms with Crippen LogP contribution in [0.25, 0.3) is 5.57 Å². The van der Waals surface area contributed by atoms with E-state index in [1.165, 1.54) is 4.68 Å². The third-order valence-corrected chi connectivity index (χ3v) is 5.30. The van der Waals surface area contributed by atoms with Gasteiger partial charge in [0.15, 0.2) is 0 Å². The summed E-state index contributed by atoms with van der Waals surface area (Å²) in [7, 11) is -1.04. The zero-order valence-corrected chi connectivity index (χ0v) is 16.8. The minimum atomic E-state index is -1.04. The van der Waals surface area contributed by atoms with Crippen molar-refractivity contribution in [3.8, 4) is 0 Å². The SMILES string of the molecule is CCN(CC)C(=O)Cn1cc(C(C)=C(F)B2OC(C)(C)C(C)(C)O2)cn1. The molecule has 0 unspecified atom stereocenters. The Morgan fingerprint density at radius 2 is 1.77 bits per heavy atom. The summed E-state index contributed by atoms with van der Waals surface area (Å²) in [6.07, 6.45) is 3.22. The first-order chi connectivity index (χ1) is 12.0. The first-order valence-electron chi connectivity index (χ1n) is 9.05. The lowest BCUT2D eigenvalue weighted by atomic mass is 9.84. The van der Waals surface area contributed by atoms with Crippen LogP contribution in [0.2, 0.25) is 0 Å². The lowest BCUT2D eigenvalue weighted by Crippen LogP contribution is -2.41. The molecule has 6 nitrogen and oxygen atoms in total. The molecule has 0 atom stereocenters. The van der Waals surface area contributed by atoms with Gasteiger partial charge in [0.2, 0.25) is 5.91 Å². The molecule has 2 heterocycles. The number of carbonyl (C=O) groups is 1. The smallest absolute Gasteiger partial charge is 0.398 e. The highest BCUT2D eigenvalue weighted by Crippen LogP contribution is 2.40. The molecule has 2 rings (SSSR count). The van der Waals surface area contributed by atoms with Gasteiger partial charge in [0.25, 0.3) is 0 Å². The maximum absolute atomic E-state index is 14.9. The first kappa shape index (κ1) is 20.6. The van der Waals surface area contributed by atoms with Crippen LogP contribution in [-0.4, -0.2) is 52.0 Å². The van der Waals surface area contributed by atoms with E-state index in [4.69, 9.17) is 9.31 Å². The largest absolute Gasteiger partial charge is 0.525 e. The van der Waals surface area contributed by atoms with E-state index in [2.05, 4.69) is 5.10 Å². The highest BCUT2D eigenvalue weighted by atomic mass is 19.1. The third-order valence-electron chi connectivity index (χ3n) is 5.30. The Hall–Kier alpha value is -1.67. The van der Waals surface area contributed by atoms with Crippen molar-refractivity contribution in [2.45, 2.75) is 66.2 Å². The van der Waals surface area contributed by atoms with Gasteiger partial charge in [-0.25, -0.2) is 4.39 Å². The predicted octanol–water partition coefficient (Wildman–Crippen LogP) is 3.08. The Morgan fingerprint density at radius 3 is 2.27 bits per heavy atom. The maximum atomic E-state index is 14.9. The van der Waals surface area contributed by atoms with Gasteiger partial charge in [-0.2, -0.15) is 5.10 Å². The molecule has 0 aromatic carbocycles. The normalized spacial score (nSPS) is 19.5. The highest BCUT2D eigenvalue weighted by Gasteiger charge is 2.53. The first-order valence-corrected chi connectivity index (χ1v) is 9.05. The summed E-state index contributed by atoms with van der Waals surface area (Å²) in [5.41, 5.74) is -0.682. The molecular weight excluding hydrogens is 336 g/mol. The van der Waals surface area contributed by atoms with E-state index in [0.717, 1.165) is 0 Å². The summed E-state index contributed by atoms with van der Waals surface area (Å²) >= 11 is 0. The van der Waals surface area contributed by atoms with Crippen LogP contribution in [0.1, 0.15) is 54.0 Å². The van der Waals surface area contributed by atoms with Crippen LogP contribution < -0.4 is 0 Å². The van der Waals surface area contributed by atoms with Crippen molar-refractivity contribution in [1.29, 1.82) is 0 Å². The van der Waals surface area contributed by atoms with Gasteiger partial charge >= 0.3 is 7.12 Å². The van der Waals surface area contributed by atoms with Gasteiger partial charge in [-0.1, -0.05) is 0 Å². The van der Waals surface area contributed by atoms with Crippen molar-refractivity contribution in [2.24, 2.45) is 0 Å². The fourth-order valence-electron chi connectivity index (χ4n) is 2.72. The van der Waals surface area contributed by atoms with Crippen LogP contribution in [0.15, 0.2) is 18.1 Å². The lowest BCUT2D eigenvalue weighted by Gasteiger charge is -2.32. The molecule has 1 aliphatic heterocycles. The molecule has 0 saturated carbocycles. The summed E-state index contributed by atoms with van der Waals surface area (Å²) in [4.78, 5) is 13.9. The van der Waals surface area contributed by atoms with Crippen molar-refractivity contribution in [3.63, 3.8) is 0 Å². The highest BCUT2D eigenvalue weighted by molar-refractivity contribution is 6.55. The fourth-order valence-corrected chi connectivity index (χ4v) is 2.72. The quantitative estimate of drug-likeness (QED) is 0.727. The molecule has 0 aliphatic carbocycles. The lowest BCUT2D eigenvalue weighted by molar-refractivity contribution is -0.131. The van der Waals surface area contributed by atoms with E-state index in [9.17, 15) is 9.18 Å². The van der Waals surface area contributed by atoms with E-state index in [-0.39, 0.29) is 12.5 Å². The van der Waals surface area contributed by atoms with Crippen LogP contribution in [-0.2, 0) is 20.6 Å². The number of rotatable bonds is 6. The number of likely N-dealkylation sites (N-methyl/N-ethyl adjacent to an activating group) is 1. The van der Waals surface area contributed by atoms with E-state index in [0.29, 0.717) is 24.2 Å². The number of allylic oxidation sites excluding steroid dienone is 1. The Bertz CT molecular complexity index is 680. The van der Waals surface area contributed by atoms with Gasteiger partial charge in [0.1, 0.15) is 12.3 Å². The molecule has 0 spiro atoms. The second-order valence-corrected chi connectivity index (χ2v) is 7.55. The standard InChI is InChI=1S/C18H29BFN3O3/c1-8-22(9-2)15(24)12-23-11-14(10-21-23)13(3)16(20)19-25-17(4,5)18(6,7)26-19/h10-11H,8-9,12H2,1-7H3. The minimum absolute atomic E-state index is 0.0160. The number of aromatic nitrogens is 2. The Morgan fingerprint density at radius 1 is 1.23 bits per heavy atom. The molecule has 144 valence electrons. The second kappa shape index (κ2) is 7.52. The molecule has 0 radical (unpaired) electrons. The topological polar surface area (TPSA) is 56.6 Å². The Kier molecular flexibility index (Phi) is 5.97. The van der Waals surface area contributed by atoms with Crippen LogP contribution >= 0.6 is 0 Å². The van der Waals surface area contributed by atoms with Gasteiger partial charge in [-0.3, -0.25) is 9.48 Å². The molecular formula is C18H29BFN3O3. The number of amides is 1. The van der Waals surface area contributed by atoms with E-state index in [1.54, 1.807) is 24.2 Å². The van der Waals surface area contributed by atoms with Gasteiger partial charge in [0, 0.05) is 24.8 Å². The van der Waals surface area contributed by atoms with E-state index >= 15 is 0 Å². The Labute approximate surface area is 155 Å². The monoisotopic (exact) mass is 365 g/mol. The van der Waals surface area contributed by atoms with Crippen LogP contribution in [0.3, 0.4) is 0 Å². The summed E-state index contributed by atoms with van der Waals surface area (Å²) < 4.78 is 27.9. The molecule has 1 amide bonds. The van der Waals surface area contributed by atoms with Crippen molar-refractivity contribution in [2.75, 3.05) is 13.1 Å². The van der Waals surface area contributed by atoms with Gasteiger partial charge in [0.05, 0.1) is 17.4 Å². The van der Waals surface area contributed by atoms with Crippen molar-refractivity contribution >= 4 is 18.6 Å². The summed E-state index contributed by atoms with van der Waals surface area (Å²) in [6, 6.07) is 0. The number of hydrogen-bond acceptors (Lipinski definition) is 4. The number of nitrogens with zero attached hydrogens (tertiary/aromatic N) is 3. The molecule has 1 aromatic rings. The summed E-state index contributed by atoms with van der Waals surface area (Å²) in [5, 5.41) is 4.18. The van der Waals surface area contributed by atoms with E-state index in [1.807, 2.05) is 41.5 Å². The van der Waals surface area contributed by atoms with Crippen LogP contribution in [0.4, 0.5) is 4.39 Å². The molecule has 0 N–H and O–H groups in total. The number of halogens is 1. The van der Waals surface area contributed by atoms with E-state index < -0.39 is 24.0 Å². The second-order valence-electron chi connectivity index (χ2n) is 7.55. The van der Waals surface area contributed by atoms with Crippen molar-refractivity contribution in [3.05, 3.63) is 23.7 Å². The molecule has 1 aromatic heterocycles. The maximum Gasteiger partial charge on any atom is 0.525 e. The Balaban J connectivity index is 2.15. The summed E-state index contributed by atoms with van der Waals surface area (Å²) in [6.45, 7) is 14.5. The van der Waals surface area contributed by atoms with Gasteiger partial charge in [-0.05, 0) is 54.0 Å².